The van der Waals surface area contributed by atoms with Gasteiger partial charge in [-0.1, -0.05) is 11.6 Å². The average Bonchev–Trinajstić information content (AvgIpc) is 3.44. The van der Waals surface area contributed by atoms with Crippen LogP contribution in [0.1, 0.15) is 37.4 Å². The molecule has 0 spiro atoms. The van der Waals surface area contributed by atoms with Crippen LogP contribution in [0.3, 0.4) is 0 Å². The smallest absolute Gasteiger partial charge is 0.329 e. The van der Waals surface area contributed by atoms with Crippen molar-refractivity contribution in [2.75, 3.05) is 0 Å². The van der Waals surface area contributed by atoms with Crippen molar-refractivity contribution in [3.05, 3.63) is 63.9 Å². The normalized spacial score (nSPS) is 14.0. The van der Waals surface area contributed by atoms with Gasteiger partial charge in [-0.15, -0.1) is 0 Å². The summed E-state index contributed by atoms with van der Waals surface area (Å²) >= 11 is 6.18. The molecule has 30 heavy (non-hydrogen) atoms. The summed E-state index contributed by atoms with van der Waals surface area (Å²) < 4.78 is 5.74. The maximum absolute atomic E-state index is 13.2. The quantitative estimate of drug-likeness (QED) is 0.485. The van der Waals surface area contributed by atoms with Gasteiger partial charge in [-0.25, -0.2) is 4.79 Å². The number of aromatic nitrogens is 4. The second-order valence-corrected chi connectivity index (χ2v) is 8.26. The molecular weight excluding hydrogens is 404 g/mol. The molecule has 7 nitrogen and oxygen atoms in total. The number of nitrogens with zero attached hydrogens (tertiary/aromatic N) is 4. The molecule has 0 saturated heterocycles. The van der Waals surface area contributed by atoms with Crippen molar-refractivity contribution in [3.63, 3.8) is 0 Å². The Bertz CT molecular complexity index is 1330. The molecule has 0 aliphatic heterocycles. The minimum atomic E-state index is -0.814. The highest BCUT2D eigenvalue weighted by Gasteiger charge is 2.29. The molecule has 1 aliphatic carbocycles. The van der Waals surface area contributed by atoms with Gasteiger partial charge in [0, 0.05) is 46.8 Å². The molecule has 0 unspecified atom stereocenters. The van der Waals surface area contributed by atoms with E-state index in [4.69, 9.17) is 16.7 Å². The van der Waals surface area contributed by atoms with E-state index >= 15 is 0 Å². The van der Waals surface area contributed by atoms with Crippen molar-refractivity contribution >= 4 is 39.5 Å². The van der Waals surface area contributed by atoms with E-state index in [2.05, 4.69) is 9.55 Å². The van der Waals surface area contributed by atoms with Gasteiger partial charge >= 0.3 is 11.7 Å². The highest BCUT2D eigenvalue weighted by molar-refractivity contribution is 6.31. The first kappa shape index (κ1) is 18.9. The zero-order valence-electron chi connectivity index (χ0n) is 16.3. The maximum atomic E-state index is 13.2. The van der Waals surface area contributed by atoms with E-state index in [-0.39, 0.29) is 18.2 Å². The maximum Gasteiger partial charge on any atom is 0.329 e. The molecule has 1 aliphatic rings. The van der Waals surface area contributed by atoms with Crippen LogP contribution in [0.25, 0.3) is 21.9 Å². The number of fused-ring (bicyclic) bond motifs is 2. The van der Waals surface area contributed by atoms with Gasteiger partial charge < -0.3 is 9.67 Å². The van der Waals surface area contributed by atoms with Gasteiger partial charge in [0.1, 0.15) is 0 Å². The van der Waals surface area contributed by atoms with E-state index < -0.39 is 5.97 Å². The van der Waals surface area contributed by atoms with Crippen molar-refractivity contribution in [2.24, 2.45) is 0 Å². The van der Waals surface area contributed by atoms with Gasteiger partial charge in [-0.3, -0.25) is 18.9 Å². The lowest BCUT2D eigenvalue weighted by Crippen LogP contribution is -2.25. The van der Waals surface area contributed by atoms with Gasteiger partial charge in [0.15, 0.2) is 0 Å². The molecule has 3 aromatic heterocycles. The zero-order chi connectivity index (χ0) is 20.8. The molecule has 154 valence electrons. The van der Waals surface area contributed by atoms with Crippen LogP contribution in [-0.4, -0.2) is 29.8 Å². The summed E-state index contributed by atoms with van der Waals surface area (Å²) in [6.45, 7) is 0.946. The molecular formula is C22H21ClN4O3. The molecule has 1 aromatic carbocycles. The topological polar surface area (TPSA) is 82.0 Å². The van der Waals surface area contributed by atoms with Crippen LogP contribution >= 0.6 is 11.6 Å². The van der Waals surface area contributed by atoms with Gasteiger partial charge in [0.2, 0.25) is 0 Å². The van der Waals surface area contributed by atoms with Crippen LogP contribution in [0.2, 0.25) is 5.02 Å². The molecule has 8 heteroatoms. The van der Waals surface area contributed by atoms with Crippen molar-refractivity contribution in [3.8, 4) is 0 Å². The standard InChI is InChI=1S/C22H21ClN4O3/c23-15-3-6-18-14(10-15)11-17(25(18)9-1-2-21(28)29)13-26-20-12-24-8-7-19(20)27(22(26)30)16-4-5-16/h3,6-8,10-12,16H,1-2,4-5,9,13H2,(H,28,29). The van der Waals surface area contributed by atoms with Gasteiger partial charge in [-0.2, -0.15) is 0 Å². The first-order chi connectivity index (χ1) is 14.5. The Labute approximate surface area is 177 Å². The molecule has 0 atom stereocenters. The van der Waals surface area contributed by atoms with Crippen LogP contribution in [0.5, 0.6) is 0 Å². The average molecular weight is 425 g/mol. The number of aryl methyl sites for hydroxylation is 1. The van der Waals surface area contributed by atoms with Crippen molar-refractivity contribution in [2.45, 2.75) is 44.8 Å². The van der Waals surface area contributed by atoms with Crippen LogP contribution in [0, 0.1) is 0 Å². The van der Waals surface area contributed by atoms with Gasteiger partial charge in [-0.05, 0) is 49.6 Å². The third-order valence-electron chi connectivity index (χ3n) is 5.72. The Morgan fingerprint density at radius 1 is 1.13 bits per heavy atom. The molecule has 4 aromatic rings. The highest BCUT2D eigenvalue weighted by Crippen LogP contribution is 2.36. The van der Waals surface area contributed by atoms with E-state index in [1.165, 1.54) is 0 Å². The monoisotopic (exact) mass is 424 g/mol. The second kappa shape index (κ2) is 7.32. The molecule has 0 radical (unpaired) electrons. The van der Waals surface area contributed by atoms with Crippen LogP contribution in [0.15, 0.2) is 47.5 Å². The first-order valence-corrected chi connectivity index (χ1v) is 10.4. The number of benzene rings is 1. The lowest BCUT2D eigenvalue weighted by Gasteiger charge is -2.11. The Morgan fingerprint density at radius 2 is 1.97 bits per heavy atom. The summed E-state index contributed by atoms with van der Waals surface area (Å²) in [5.74, 6) is -0.814. The molecule has 3 heterocycles. The summed E-state index contributed by atoms with van der Waals surface area (Å²) in [6.07, 6.45) is 6.11. The minimum Gasteiger partial charge on any atom is -0.481 e. The predicted molar refractivity (Wildman–Crippen MR) is 115 cm³/mol. The number of carboxylic acid groups (broad SMARTS) is 1. The molecule has 0 bridgehead atoms. The highest BCUT2D eigenvalue weighted by atomic mass is 35.5. The van der Waals surface area contributed by atoms with E-state index in [0.717, 1.165) is 40.5 Å². The third-order valence-corrected chi connectivity index (χ3v) is 5.95. The first-order valence-electron chi connectivity index (χ1n) is 10.1. The summed E-state index contributed by atoms with van der Waals surface area (Å²) in [6, 6.07) is 9.87. The van der Waals surface area contributed by atoms with E-state index in [0.29, 0.717) is 24.5 Å². The van der Waals surface area contributed by atoms with Crippen molar-refractivity contribution < 1.29 is 9.90 Å². The Balaban J connectivity index is 1.61. The number of imidazole rings is 1. The number of hydrogen-bond acceptors (Lipinski definition) is 3. The fourth-order valence-corrected chi connectivity index (χ4v) is 4.39. The number of pyridine rings is 1. The number of aliphatic carboxylic acids is 1. The predicted octanol–water partition coefficient (Wildman–Crippen LogP) is 4.05. The zero-order valence-corrected chi connectivity index (χ0v) is 17.0. The second-order valence-electron chi connectivity index (χ2n) is 7.82. The molecule has 5 rings (SSSR count). The summed E-state index contributed by atoms with van der Waals surface area (Å²) in [4.78, 5) is 28.5. The molecule has 1 N–H and O–H groups in total. The number of hydrogen-bond donors (Lipinski definition) is 1. The Kier molecular flexibility index (Phi) is 4.62. The summed E-state index contributed by atoms with van der Waals surface area (Å²) in [5.41, 5.74) is 3.63. The number of halogens is 1. The summed E-state index contributed by atoms with van der Waals surface area (Å²) in [7, 11) is 0. The van der Waals surface area contributed by atoms with Crippen LogP contribution in [-0.2, 0) is 17.9 Å². The number of rotatable bonds is 7. The SMILES string of the molecule is O=C(O)CCCn1c(Cn2c(=O)n(C3CC3)c3ccncc32)cc2cc(Cl)ccc21. The van der Waals surface area contributed by atoms with E-state index in [9.17, 15) is 9.59 Å². The van der Waals surface area contributed by atoms with Crippen LogP contribution < -0.4 is 5.69 Å². The number of carboxylic acids is 1. The minimum absolute atomic E-state index is 0.0270. The third kappa shape index (κ3) is 3.29. The van der Waals surface area contributed by atoms with Crippen molar-refractivity contribution in [1.29, 1.82) is 0 Å². The lowest BCUT2D eigenvalue weighted by atomic mass is 10.2. The molecule has 1 fully saturated rings. The number of carbonyl (C=O) groups is 1. The van der Waals surface area contributed by atoms with Crippen LogP contribution in [0.4, 0.5) is 0 Å². The van der Waals surface area contributed by atoms with E-state index in [1.807, 2.05) is 34.9 Å². The van der Waals surface area contributed by atoms with Gasteiger partial charge in [0.05, 0.1) is 23.8 Å². The summed E-state index contributed by atoms with van der Waals surface area (Å²) in [5, 5.41) is 10.6. The van der Waals surface area contributed by atoms with E-state index in [1.54, 1.807) is 17.0 Å². The Hall–Kier alpha value is -3.06. The van der Waals surface area contributed by atoms with Gasteiger partial charge in [0.25, 0.3) is 0 Å². The lowest BCUT2D eigenvalue weighted by molar-refractivity contribution is -0.137. The van der Waals surface area contributed by atoms with Crippen molar-refractivity contribution in [1.82, 2.24) is 18.7 Å². The largest absolute Gasteiger partial charge is 0.481 e. The molecule has 0 amide bonds. The molecule has 1 saturated carbocycles. The Morgan fingerprint density at radius 3 is 2.73 bits per heavy atom. The fourth-order valence-electron chi connectivity index (χ4n) is 4.21. The fraction of sp³-hybridized carbons (Fsp3) is 0.318.